The van der Waals surface area contributed by atoms with Gasteiger partial charge in [0.25, 0.3) is 16.0 Å². The van der Waals surface area contributed by atoms with Crippen LogP contribution in [-0.2, 0) is 21.3 Å². The molecule has 1 aromatic rings. The van der Waals surface area contributed by atoms with Crippen molar-refractivity contribution in [3.8, 4) is 0 Å². The highest BCUT2D eigenvalue weighted by molar-refractivity contribution is 7.85. The Balaban J connectivity index is 0.000000505. The van der Waals surface area contributed by atoms with Crippen LogP contribution in [0.5, 0.6) is 0 Å². The third-order valence-electron chi connectivity index (χ3n) is 3.33. The molecule has 9 heteroatoms. The lowest BCUT2D eigenvalue weighted by Gasteiger charge is -2.12. The maximum atomic E-state index is 12.0. The molecule has 1 aliphatic rings. The lowest BCUT2D eigenvalue weighted by atomic mass is 9.96. The first-order valence-corrected chi connectivity index (χ1v) is 9.28. The van der Waals surface area contributed by atoms with E-state index in [1.807, 2.05) is 31.2 Å². The van der Waals surface area contributed by atoms with E-state index in [9.17, 15) is 13.2 Å². The minimum absolute atomic E-state index is 0.0998. The van der Waals surface area contributed by atoms with Gasteiger partial charge in [-0.1, -0.05) is 30.7 Å². The average molecular weight is 374 g/mol. The van der Waals surface area contributed by atoms with Gasteiger partial charge in [-0.25, -0.2) is 0 Å². The van der Waals surface area contributed by atoms with E-state index < -0.39 is 10.1 Å². The Morgan fingerprint density at radius 1 is 1.46 bits per heavy atom. The fraction of sp³-hybridized carbons (Fsp3) is 0.333. The van der Waals surface area contributed by atoms with Gasteiger partial charge in [0.2, 0.25) is 0 Å². The number of hydrogen-bond acceptors (Lipinski definition) is 4. The van der Waals surface area contributed by atoms with Crippen LogP contribution in [-0.4, -0.2) is 31.1 Å². The SMILES string of the molecule is CC1CCc2c(Cl)cccc2C=C1C(=O)NC(=N)N.CS(=O)(=O)O. The van der Waals surface area contributed by atoms with Crippen molar-refractivity contribution in [1.29, 1.82) is 5.41 Å². The number of halogens is 1. The molecule has 1 aromatic carbocycles. The molecule has 7 nitrogen and oxygen atoms in total. The van der Waals surface area contributed by atoms with E-state index in [0.717, 1.165) is 29.0 Å². The van der Waals surface area contributed by atoms with Gasteiger partial charge in [0, 0.05) is 10.6 Å². The van der Waals surface area contributed by atoms with Crippen LogP contribution in [0.1, 0.15) is 24.5 Å². The zero-order valence-electron chi connectivity index (χ0n) is 13.3. The van der Waals surface area contributed by atoms with E-state index in [1.165, 1.54) is 0 Å². The summed E-state index contributed by atoms with van der Waals surface area (Å²) in [5.74, 6) is -0.552. The molecule has 2 rings (SSSR count). The molecule has 132 valence electrons. The molecule has 0 aromatic heterocycles. The zero-order valence-corrected chi connectivity index (χ0v) is 14.9. The van der Waals surface area contributed by atoms with Crippen LogP contribution in [0, 0.1) is 11.3 Å². The van der Waals surface area contributed by atoms with E-state index in [1.54, 1.807) is 0 Å². The molecule has 1 atom stereocenters. The summed E-state index contributed by atoms with van der Waals surface area (Å²) in [5, 5.41) is 10.2. The van der Waals surface area contributed by atoms with Crippen LogP contribution in [0.15, 0.2) is 23.8 Å². The van der Waals surface area contributed by atoms with Crippen molar-refractivity contribution in [3.05, 3.63) is 39.9 Å². The molecule has 0 fully saturated rings. The van der Waals surface area contributed by atoms with Gasteiger partial charge in [-0.05, 0) is 42.0 Å². The minimum atomic E-state index is -3.67. The van der Waals surface area contributed by atoms with Gasteiger partial charge in [0.15, 0.2) is 5.96 Å². The summed E-state index contributed by atoms with van der Waals surface area (Å²) in [7, 11) is -3.67. The summed E-state index contributed by atoms with van der Waals surface area (Å²) >= 11 is 6.19. The van der Waals surface area contributed by atoms with Crippen LogP contribution in [0.25, 0.3) is 6.08 Å². The number of nitrogens with one attached hydrogen (secondary N) is 2. The molecular weight excluding hydrogens is 354 g/mol. The summed E-state index contributed by atoms with van der Waals surface area (Å²) in [6.07, 6.45) is 4.24. The summed E-state index contributed by atoms with van der Waals surface area (Å²) in [4.78, 5) is 12.0. The molecule has 0 saturated heterocycles. The fourth-order valence-corrected chi connectivity index (χ4v) is 2.56. The Kier molecular flexibility index (Phi) is 6.94. The highest BCUT2D eigenvalue weighted by Crippen LogP contribution is 2.31. The van der Waals surface area contributed by atoms with Gasteiger partial charge in [-0.15, -0.1) is 0 Å². The van der Waals surface area contributed by atoms with E-state index in [-0.39, 0.29) is 17.8 Å². The first-order chi connectivity index (χ1) is 11.0. The van der Waals surface area contributed by atoms with Gasteiger partial charge in [-0.2, -0.15) is 8.42 Å². The Bertz CT molecular complexity index is 767. The van der Waals surface area contributed by atoms with Gasteiger partial charge >= 0.3 is 0 Å². The van der Waals surface area contributed by atoms with Crippen LogP contribution >= 0.6 is 11.6 Å². The van der Waals surface area contributed by atoms with Crippen molar-refractivity contribution >= 4 is 39.7 Å². The molecule has 0 saturated carbocycles. The average Bonchev–Trinajstić information content (AvgIpc) is 2.57. The van der Waals surface area contributed by atoms with Crippen molar-refractivity contribution in [1.82, 2.24) is 5.32 Å². The molecule has 0 spiro atoms. The summed E-state index contributed by atoms with van der Waals surface area (Å²) in [6.45, 7) is 1.99. The summed E-state index contributed by atoms with van der Waals surface area (Å²) in [6, 6.07) is 5.67. The second kappa shape index (κ2) is 8.27. The lowest BCUT2D eigenvalue weighted by molar-refractivity contribution is -0.116. The number of rotatable bonds is 1. The van der Waals surface area contributed by atoms with E-state index in [2.05, 4.69) is 5.32 Å². The van der Waals surface area contributed by atoms with Crippen LogP contribution in [0.3, 0.4) is 0 Å². The molecule has 5 N–H and O–H groups in total. The van der Waals surface area contributed by atoms with Crippen LogP contribution < -0.4 is 11.1 Å². The topological polar surface area (TPSA) is 133 Å². The Morgan fingerprint density at radius 3 is 2.58 bits per heavy atom. The second-order valence-electron chi connectivity index (χ2n) is 5.45. The predicted octanol–water partition coefficient (Wildman–Crippen LogP) is 1.82. The number of hydrogen-bond donors (Lipinski definition) is 4. The maximum absolute atomic E-state index is 12.0. The van der Waals surface area contributed by atoms with Crippen LogP contribution in [0.2, 0.25) is 5.02 Å². The Hall–Kier alpha value is -1.90. The first kappa shape index (κ1) is 20.1. The molecule has 0 bridgehead atoms. The number of guanidine groups is 1. The monoisotopic (exact) mass is 373 g/mol. The summed E-state index contributed by atoms with van der Waals surface area (Å²) in [5.41, 5.74) is 7.88. The maximum Gasteiger partial charge on any atom is 0.261 e. The molecule has 0 aliphatic heterocycles. The number of fused-ring (bicyclic) bond motifs is 1. The largest absolute Gasteiger partial charge is 0.370 e. The fourth-order valence-electron chi connectivity index (χ4n) is 2.28. The molecule has 1 amide bonds. The number of nitrogens with two attached hydrogens (primary N) is 1. The summed E-state index contributed by atoms with van der Waals surface area (Å²) < 4.78 is 25.9. The van der Waals surface area contributed by atoms with Crippen molar-refractivity contribution < 1.29 is 17.8 Å². The zero-order chi connectivity index (χ0) is 18.5. The van der Waals surface area contributed by atoms with Gasteiger partial charge < -0.3 is 5.73 Å². The third-order valence-corrected chi connectivity index (χ3v) is 3.69. The van der Waals surface area contributed by atoms with E-state index >= 15 is 0 Å². The number of carbonyl (C=O) groups is 1. The Morgan fingerprint density at radius 2 is 2.04 bits per heavy atom. The molecule has 1 aliphatic carbocycles. The molecule has 24 heavy (non-hydrogen) atoms. The standard InChI is InChI=1S/C14H16ClN3O.CH4O3S/c1-8-5-6-10-9(3-2-4-12(10)15)7-11(8)13(19)18-14(16)17;1-5(2,3)4/h2-4,7-8H,5-6H2,1H3,(H4,16,17,18,19);1H3,(H,2,3,4). The second-order valence-corrected chi connectivity index (χ2v) is 7.32. The Labute approximate surface area is 146 Å². The first-order valence-electron chi connectivity index (χ1n) is 7.06. The molecule has 0 heterocycles. The quantitative estimate of drug-likeness (QED) is 0.338. The molecule has 1 unspecified atom stereocenters. The number of carbonyl (C=O) groups excluding carboxylic acids is 1. The van der Waals surface area contributed by atoms with Crippen molar-refractivity contribution in [2.24, 2.45) is 11.7 Å². The third kappa shape index (κ3) is 6.69. The van der Waals surface area contributed by atoms with Gasteiger partial charge in [0.1, 0.15) is 0 Å². The smallest absolute Gasteiger partial charge is 0.261 e. The van der Waals surface area contributed by atoms with Crippen molar-refractivity contribution in [2.75, 3.05) is 6.26 Å². The van der Waals surface area contributed by atoms with Gasteiger partial charge in [-0.3, -0.25) is 20.1 Å². The van der Waals surface area contributed by atoms with Crippen molar-refractivity contribution in [2.45, 2.75) is 19.8 Å². The predicted molar refractivity (Wildman–Crippen MR) is 94.4 cm³/mol. The van der Waals surface area contributed by atoms with Gasteiger partial charge in [0.05, 0.1) is 6.26 Å². The molecular formula is C15H20ClN3O4S. The van der Waals surface area contributed by atoms with Crippen LogP contribution in [0.4, 0.5) is 0 Å². The highest BCUT2D eigenvalue weighted by Gasteiger charge is 2.22. The minimum Gasteiger partial charge on any atom is -0.370 e. The highest BCUT2D eigenvalue weighted by atomic mass is 35.5. The van der Waals surface area contributed by atoms with E-state index in [4.69, 9.17) is 27.3 Å². The molecule has 0 radical (unpaired) electrons. The lowest BCUT2D eigenvalue weighted by Crippen LogP contribution is -2.37. The van der Waals surface area contributed by atoms with Crippen molar-refractivity contribution in [3.63, 3.8) is 0 Å². The van der Waals surface area contributed by atoms with E-state index in [0.29, 0.717) is 11.8 Å². The number of amides is 1. The number of benzene rings is 1. The normalized spacial score (nSPS) is 16.7.